The molecule has 2 aliphatic rings. The fourth-order valence-corrected chi connectivity index (χ4v) is 3.41. The lowest BCUT2D eigenvalue weighted by Gasteiger charge is -2.26. The summed E-state index contributed by atoms with van der Waals surface area (Å²) in [6.07, 6.45) is 2.09. The van der Waals surface area contributed by atoms with Crippen molar-refractivity contribution in [3.63, 3.8) is 0 Å². The van der Waals surface area contributed by atoms with Gasteiger partial charge in [-0.25, -0.2) is 0 Å². The van der Waals surface area contributed by atoms with Crippen LogP contribution in [-0.2, 0) is 49.5 Å². The van der Waals surface area contributed by atoms with Gasteiger partial charge in [0.2, 0.25) is 0 Å². The predicted molar refractivity (Wildman–Crippen MR) is 145 cm³/mol. The number of aliphatic hydroxyl groups excluding tert-OH is 1. The first-order valence-electron chi connectivity index (χ1n) is 12.4. The first-order chi connectivity index (χ1) is 18.5. The molecular formula is C25H34BCl3O10. The summed E-state index contributed by atoms with van der Waals surface area (Å²) >= 11 is 14.4. The molecule has 2 unspecified atom stereocenters. The van der Waals surface area contributed by atoms with Crippen LogP contribution in [-0.4, -0.2) is 71.6 Å². The molecule has 39 heavy (non-hydrogen) atoms. The van der Waals surface area contributed by atoms with Crippen molar-refractivity contribution in [1.82, 2.24) is 0 Å². The summed E-state index contributed by atoms with van der Waals surface area (Å²) in [6.45, 7) is 3.75. The Labute approximate surface area is 243 Å². The van der Waals surface area contributed by atoms with E-state index in [-0.39, 0.29) is 63.1 Å². The van der Waals surface area contributed by atoms with Crippen molar-refractivity contribution in [2.24, 2.45) is 0 Å². The van der Waals surface area contributed by atoms with E-state index in [9.17, 15) is 19.2 Å². The molecule has 218 valence electrons. The van der Waals surface area contributed by atoms with Gasteiger partial charge in [0.25, 0.3) is 0 Å². The zero-order valence-electron chi connectivity index (χ0n) is 22.0. The van der Waals surface area contributed by atoms with Crippen LogP contribution in [0.25, 0.3) is 0 Å². The Bertz CT molecular complexity index is 918. The first kappa shape index (κ1) is 35.0. The van der Waals surface area contributed by atoms with Crippen molar-refractivity contribution < 1.29 is 48.0 Å². The molecule has 10 nitrogen and oxygen atoms in total. The smallest absolute Gasteiger partial charge is 0.450 e. The van der Waals surface area contributed by atoms with E-state index in [0.717, 1.165) is 5.56 Å². The third-order valence-corrected chi connectivity index (χ3v) is 5.56. The van der Waals surface area contributed by atoms with Crippen LogP contribution in [0, 0.1) is 0 Å². The highest BCUT2D eigenvalue weighted by Gasteiger charge is 2.42. The van der Waals surface area contributed by atoms with Crippen LogP contribution in [0.5, 0.6) is 0 Å². The highest BCUT2D eigenvalue weighted by Crippen LogP contribution is 2.28. The molecule has 2 heterocycles. The second-order valence-corrected chi connectivity index (χ2v) is 10.7. The Morgan fingerprint density at radius 2 is 1.33 bits per heavy atom. The normalized spacial score (nSPS) is 21.4. The molecule has 2 atom stereocenters. The van der Waals surface area contributed by atoms with Crippen molar-refractivity contribution in [2.75, 3.05) is 26.4 Å². The van der Waals surface area contributed by atoms with Gasteiger partial charge in [-0.3, -0.25) is 19.2 Å². The number of esters is 4. The highest BCUT2D eigenvalue weighted by atomic mass is 35.6. The number of carbonyl (C=O) groups excluding carboxylic acids is 4. The van der Waals surface area contributed by atoms with Crippen molar-refractivity contribution >= 4 is 63.2 Å². The number of halogens is 3. The fraction of sp³-hybridized carbons (Fsp3) is 0.600. The van der Waals surface area contributed by atoms with E-state index < -0.39 is 16.2 Å². The van der Waals surface area contributed by atoms with Gasteiger partial charge in [0, 0.05) is 38.5 Å². The minimum Gasteiger partial charge on any atom is -0.461 e. The molecule has 1 aromatic carbocycles. The standard InChI is InChI=1S/C16H20O5.C9H14O5.BCl3/c1-2-14(17)20-12-16(9-8-15(18)21-16)11-19-10-13-6-4-3-5-7-13;1-2-7(11)13-6-9(5-10)4-3-8(12)14-9;2-1(3)4/h3-7H,2,8-12H2,1H3;10H,2-6H2,1H3;. The van der Waals surface area contributed by atoms with E-state index in [1.807, 2.05) is 30.3 Å². The van der Waals surface area contributed by atoms with Crippen LogP contribution in [0.1, 0.15) is 57.9 Å². The zero-order valence-corrected chi connectivity index (χ0v) is 24.3. The number of benzene rings is 1. The Balaban J connectivity index is 0.000000364. The highest BCUT2D eigenvalue weighted by molar-refractivity contribution is 7.54. The third-order valence-electron chi connectivity index (χ3n) is 5.56. The summed E-state index contributed by atoms with van der Waals surface area (Å²) in [7, 11) is 0. The number of aliphatic hydroxyl groups is 1. The van der Waals surface area contributed by atoms with E-state index >= 15 is 0 Å². The Morgan fingerprint density at radius 3 is 1.74 bits per heavy atom. The van der Waals surface area contributed by atoms with E-state index in [4.69, 9.17) is 63.2 Å². The second-order valence-electron chi connectivity index (χ2n) is 8.73. The van der Waals surface area contributed by atoms with Gasteiger partial charge in [-0.1, -0.05) is 44.2 Å². The third kappa shape index (κ3) is 14.2. The average Bonchev–Trinajstić information content (AvgIpc) is 3.49. The van der Waals surface area contributed by atoms with Gasteiger partial charge in [0.1, 0.15) is 13.2 Å². The van der Waals surface area contributed by atoms with E-state index in [2.05, 4.69) is 0 Å². The first-order valence-corrected chi connectivity index (χ1v) is 13.7. The van der Waals surface area contributed by atoms with Gasteiger partial charge in [-0.05, 0) is 5.56 Å². The number of carbonyl (C=O) groups is 4. The van der Waals surface area contributed by atoms with Crippen LogP contribution in [0.3, 0.4) is 0 Å². The minimum absolute atomic E-state index is 0.0537. The van der Waals surface area contributed by atoms with Gasteiger partial charge in [-0.15, -0.1) is 0 Å². The van der Waals surface area contributed by atoms with Crippen molar-refractivity contribution in [1.29, 1.82) is 0 Å². The number of hydrogen-bond acceptors (Lipinski definition) is 10. The molecule has 2 saturated heterocycles. The van der Waals surface area contributed by atoms with E-state index in [1.54, 1.807) is 13.8 Å². The maximum atomic E-state index is 11.4. The van der Waals surface area contributed by atoms with Gasteiger partial charge in [-0.2, -0.15) is 34.4 Å². The summed E-state index contributed by atoms with van der Waals surface area (Å²) in [4.78, 5) is 43.6. The van der Waals surface area contributed by atoms with Crippen molar-refractivity contribution in [3.8, 4) is 0 Å². The second kappa shape index (κ2) is 18.3. The molecule has 0 saturated carbocycles. The number of hydrogen-bond donors (Lipinski definition) is 1. The predicted octanol–water partition coefficient (Wildman–Crippen LogP) is 3.93. The van der Waals surface area contributed by atoms with Gasteiger partial charge in [0.05, 0.1) is 19.8 Å². The molecule has 2 fully saturated rings. The summed E-state index contributed by atoms with van der Waals surface area (Å²) in [5.74, 6) is -1.29. The molecule has 0 bridgehead atoms. The SMILES string of the molecule is CCC(=O)OCC1(CO)CCC(=O)O1.CCC(=O)OCC1(COCc2ccccc2)CCC(=O)O1.ClB(Cl)Cl. The molecule has 0 aliphatic carbocycles. The van der Waals surface area contributed by atoms with Crippen molar-refractivity contribution in [2.45, 2.75) is 70.2 Å². The largest absolute Gasteiger partial charge is 0.461 e. The van der Waals surface area contributed by atoms with E-state index in [1.165, 1.54) is 0 Å². The molecule has 0 spiro atoms. The average molecular weight is 612 g/mol. The molecule has 14 heteroatoms. The number of cyclic esters (lactones) is 2. The van der Waals surface area contributed by atoms with Crippen LogP contribution < -0.4 is 0 Å². The summed E-state index contributed by atoms with van der Waals surface area (Å²) in [6, 6.07) is 9.74. The quantitative estimate of drug-likeness (QED) is 0.223. The van der Waals surface area contributed by atoms with Crippen molar-refractivity contribution in [3.05, 3.63) is 35.9 Å². The maximum absolute atomic E-state index is 11.4. The molecule has 0 aromatic heterocycles. The van der Waals surface area contributed by atoms with Crippen LogP contribution in [0.15, 0.2) is 30.3 Å². The molecular weight excluding hydrogens is 577 g/mol. The summed E-state index contributed by atoms with van der Waals surface area (Å²) in [5.41, 5.74) is -0.791. The van der Waals surface area contributed by atoms with E-state index in [0.29, 0.717) is 32.3 Å². The minimum atomic E-state index is -0.998. The maximum Gasteiger partial charge on any atom is 0.450 e. The molecule has 2 aliphatic heterocycles. The Kier molecular flexibility index (Phi) is 16.4. The summed E-state index contributed by atoms with van der Waals surface area (Å²) < 4.78 is 25.9. The Hall–Kier alpha value is -2.05. The number of ether oxygens (including phenoxy) is 5. The lowest BCUT2D eigenvalue weighted by Crippen LogP contribution is -2.40. The molecule has 1 N–H and O–H groups in total. The zero-order chi connectivity index (χ0) is 29.3. The van der Waals surface area contributed by atoms with Crippen LogP contribution >= 0.6 is 34.4 Å². The monoisotopic (exact) mass is 610 g/mol. The molecule has 3 rings (SSSR count). The van der Waals surface area contributed by atoms with Crippen LogP contribution in [0.2, 0.25) is 0 Å². The molecule has 0 radical (unpaired) electrons. The number of rotatable bonds is 11. The lowest BCUT2D eigenvalue weighted by molar-refractivity contribution is -0.169. The van der Waals surface area contributed by atoms with Gasteiger partial charge in [0.15, 0.2) is 11.2 Å². The van der Waals surface area contributed by atoms with Gasteiger partial charge < -0.3 is 28.8 Å². The topological polar surface area (TPSA) is 135 Å². The fourth-order valence-electron chi connectivity index (χ4n) is 3.41. The Morgan fingerprint density at radius 1 is 0.872 bits per heavy atom. The lowest BCUT2D eigenvalue weighted by atomic mass is 10.0. The molecule has 1 aromatic rings. The van der Waals surface area contributed by atoms with Crippen LogP contribution in [0.4, 0.5) is 0 Å². The van der Waals surface area contributed by atoms with Gasteiger partial charge >= 0.3 is 28.8 Å². The summed E-state index contributed by atoms with van der Waals surface area (Å²) in [5, 5.41) is 9.05. The molecule has 0 amide bonds.